The molecule has 0 spiro atoms. The van der Waals surface area contributed by atoms with Crippen LogP contribution in [0.1, 0.15) is 5.69 Å². The summed E-state index contributed by atoms with van der Waals surface area (Å²) in [5.41, 5.74) is 4.06. The third-order valence-electron chi connectivity index (χ3n) is 1.86. The SMILES string of the molecule is CSc1nccc(C2=CC(O)NN=C2)n1. The van der Waals surface area contributed by atoms with Gasteiger partial charge in [-0.3, -0.25) is 5.43 Å². The summed E-state index contributed by atoms with van der Waals surface area (Å²) in [5, 5.41) is 13.8. The van der Waals surface area contributed by atoms with Gasteiger partial charge in [0.1, 0.15) is 0 Å². The van der Waals surface area contributed by atoms with E-state index in [2.05, 4.69) is 20.5 Å². The first-order valence-electron chi connectivity index (χ1n) is 4.35. The molecular formula is C9H10N4OS. The van der Waals surface area contributed by atoms with Crippen LogP contribution in [0, 0.1) is 0 Å². The second-order valence-corrected chi connectivity index (χ2v) is 3.66. The molecule has 1 aliphatic rings. The van der Waals surface area contributed by atoms with E-state index in [4.69, 9.17) is 0 Å². The summed E-state index contributed by atoms with van der Waals surface area (Å²) < 4.78 is 0. The van der Waals surface area contributed by atoms with Crippen LogP contribution in [-0.2, 0) is 0 Å². The standard InChI is InChI=1S/C9H10N4OS/c1-15-9-10-3-2-7(12-9)6-4-8(14)13-11-5-6/h2-5,8,13-14H,1H3. The van der Waals surface area contributed by atoms with Crippen molar-refractivity contribution in [3.63, 3.8) is 0 Å². The molecule has 15 heavy (non-hydrogen) atoms. The van der Waals surface area contributed by atoms with Crippen molar-refractivity contribution in [3.8, 4) is 0 Å². The highest BCUT2D eigenvalue weighted by Gasteiger charge is 2.09. The second kappa shape index (κ2) is 4.41. The molecule has 1 aromatic heterocycles. The third kappa shape index (κ3) is 2.34. The maximum Gasteiger partial charge on any atom is 0.187 e. The number of thioether (sulfide) groups is 1. The van der Waals surface area contributed by atoms with Crippen molar-refractivity contribution in [1.82, 2.24) is 15.4 Å². The Kier molecular flexibility index (Phi) is 2.98. The van der Waals surface area contributed by atoms with E-state index in [-0.39, 0.29) is 0 Å². The van der Waals surface area contributed by atoms with Gasteiger partial charge in [0.2, 0.25) is 0 Å². The molecule has 78 valence electrons. The first-order valence-corrected chi connectivity index (χ1v) is 5.58. The van der Waals surface area contributed by atoms with Crippen LogP contribution < -0.4 is 5.43 Å². The molecule has 0 fully saturated rings. The Balaban J connectivity index is 2.32. The lowest BCUT2D eigenvalue weighted by atomic mass is 10.1. The maximum absolute atomic E-state index is 9.32. The van der Waals surface area contributed by atoms with Gasteiger partial charge in [-0.25, -0.2) is 9.97 Å². The van der Waals surface area contributed by atoms with Crippen molar-refractivity contribution in [1.29, 1.82) is 0 Å². The third-order valence-corrected chi connectivity index (χ3v) is 2.42. The van der Waals surface area contributed by atoms with Crippen LogP contribution in [-0.4, -0.2) is 33.8 Å². The Hall–Kier alpha value is -1.40. The molecule has 6 heteroatoms. The summed E-state index contributed by atoms with van der Waals surface area (Å²) in [5.74, 6) is 0. The lowest BCUT2D eigenvalue weighted by molar-refractivity contribution is 0.186. The van der Waals surface area contributed by atoms with Gasteiger partial charge in [0.25, 0.3) is 0 Å². The van der Waals surface area contributed by atoms with E-state index < -0.39 is 6.23 Å². The molecule has 1 atom stereocenters. The fourth-order valence-corrected chi connectivity index (χ4v) is 1.54. The lowest BCUT2D eigenvalue weighted by Gasteiger charge is -2.12. The summed E-state index contributed by atoms with van der Waals surface area (Å²) in [6.45, 7) is 0. The van der Waals surface area contributed by atoms with Crippen molar-refractivity contribution < 1.29 is 5.11 Å². The highest BCUT2D eigenvalue weighted by Crippen LogP contribution is 2.15. The summed E-state index contributed by atoms with van der Waals surface area (Å²) in [6, 6.07) is 1.79. The zero-order valence-corrected chi connectivity index (χ0v) is 8.90. The molecule has 0 saturated carbocycles. The Morgan fingerprint density at radius 1 is 1.53 bits per heavy atom. The molecule has 1 unspecified atom stereocenters. The first-order chi connectivity index (χ1) is 7.29. The van der Waals surface area contributed by atoms with Gasteiger partial charge >= 0.3 is 0 Å². The van der Waals surface area contributed by atoms with E-state index in [0.717, 1.165) is 11.3 Å². The van der Waals surface area contributed by atoms with E-state index in [1.807, 2.05) is 6.26 Å². The van der Waals surface area contributed by atoms with Crippen LogP contribution in [0.25, 0.3) is 5.57 Å². The molecule has 2 heterocycles. The molecule has 0 radical (unpaired) electrons. The number of rotatable bonds is 2. The Morgan fingerprint density at radius 2 is 2.40 bits per heavy atom. The van der Waals surface area contributed by atoms with Crippen molar-refractivity contribution in [2.75, 3.05) is 6.26 Å². The molecule has 0 bridgehead atoms. The predicted octanol–water partition coefficient (Wildman–Crippen LogP) is 0.489. The molecule has 1 aliphatic heterocycles. The minimum atomic E-state index is -0.752. The molecular weight excluding hydrogens is 212 g/mol. The van der Waals surface area contributed by atoms with Crippen molar-refractivity contribution in [2.24, 2.45) is 5.10 Å². The molecule has 2 rings (SSSR count). The van der Waals surface area contributed by atoms with Crippen molar-refractivity contribution in [3.05, 3.63) is 24.0 Å². The summed E-state index contributed by atoms with van der Waals surface area (Å²) >= 11 is 1.48. The minimum absolute atomic E-state index is 0.704. The number of aliphatic hydroxyl groups is 1. The van der Waals surface area contributed by atoms with Gasteiger partial charge in [-0.15, -0.1) is 0 Å². The predicted molar refractivity (Wildman–Crippen MR) is 59.4 cm³/mol. The molecule has 5 nitrogen and oxygen atoms in total. The Labute approximate surface area is 91.3 Å². The summed E-state index contributed by atoms with van der Waals surface area (Å²) in [6.07, 6.45) is 6.13. The van der Waals surface area contributed by atoms with Crippen LogP contribution in [0.3, 0.4) is 0 Å². The number of nitrogens with one attached hydrogen (secondary N) is 1. The largest absolute Gasteiger partial charge is 0.369 e. The molecule has 1 aromatic rings. The van der Waals surface area contributed by atoms with Gasteiger partial charge in [0, 0.05) is 11.8 Å². The van der Waals surface area contributed by atoms with Gasteiger partial charge in [0.05, 0.1) is 11.9 Å². The van der Waals surface area contributed by atoms with Gasteiger partial charge in [-0.2, -0.15) is 5.10 Å². The van der Waals surface area contributed by atoms with E-state index in [9.17, 15) is 5.11 Å². The van der Waals surface area contributed by atoms with Crippen LogP contribution >= 0.6 is 11.8 Å². The van der Waals surface area contributed by atoms with Crippen LogP contribution in [0.4, 0.5) is 0 Å². The molecule has 2 N–H and O–H groups in total. The number of nitrogens with zero attached hydrogens (tertiary/aromatic N) is 3. The first kappa shape index (κ1) is 10.1. The molecule has 0 saturated heterocycles. The summed E-state index contributed by atoms with van der Waals surface area (Å²) in [7, 11) is 0. The monoisotopic (exact) mass is 222 g/mol. The number of aliphatic hydroxyl groups excluding tert-OH is 1. The fraction of sp³-hybridized carbons (Fsp3) is 0.222. The Bertz CT molecular complexity index is 418. The van der Waals surface area contributed by atoms with E-state index in [1.54, 1.807) is 24.6 Å². The second-order valence-electron chi connectivity index (χ2n) is 2.88. The van der Waals surface area contributed by atoms with Gasteiger partial charge in [-0.1, -0.05) is 11.8 Å². The van der Waals surface area contributed by atoms with Crippen LogP contribution in [0.15, 0.2) is 28.6 Å². The number of aromatic nitrogens is 2. The molecule has 0 aliphatic carbocycles. The number of hydrogen-bond acceptors (Lipinski definition) is 6. The number of hydrogen-bond donors (Lipinski definition) is 2. The van der Waals surface area contributed by atoms with E-state index in [1.165, 1.54) is 11.8 Å². The van der Waals surface area contributed by atoms with E-state index in [0.29, 0.717) is 5.16 Å². The smallest absolute Gasteiger partial charge is 0.187 e. The highest BCUT2D eigenvalue weighted by molar-refractivity contribution is 7.98. The average molecular weight is 222 g/mol. The normalized spacial score (nSPS) is 19.6. The minimum Gasteiger partial charge on any atom is -0.369 e. The molecule has 0 amide bonds. The molecule has 0 aromatic carbocycles. The average Bonchev–Trinajstić information content (AvgIpc) is 2.29. The van der Waals surface area contributed by atoms with Crippen LogP contribution in [0.5, 0.6) is 0 Å². The highest BCUT2D eigenvalue weighted by atomic mass is 32.2. The van der Waals surface area contributed by atoms with Crippen LogP contribution in [0.2, 0.25) is 0 Å². The van der Waals surface area contributed by atoms with Gasteiger partial charge in [0.15, 0.2) is 11.4 Å². The van der Waals surface area contributed by atoms with Crippen molar-refractivity contribution >= 4 is 23.5 Å². The van der Waals surface area contributed by atoms with Crippen molar-refractivity contribution in [2.45, 2.75) is 11.4 Å². The number of hydrazone groups is 1. The maximum atomic E-state index is 9.32. The lowest BCUT2D eigenvalue weighted by Crippen LogP contribution is -2.25. The summed E-state index contributed by atoms with van der Waals surface area (Å²) in [4.78, 5) is 8.38. The van der Waals surface area contributed by atoms with Gasteiger partial charge < -0.3 is 5.11 Å². The number of allylic oxidation sites excluding steroid dienone is 1. The quantitative estimate of drug-likeness (QED) is 0.563. The zero-order valence-electron chi connectivity index (χ0n) is 8.08. The Morgan fingerprint density at radius 3 is 3.13 bits per heavy atom. The van der Waals surface area contributed by atoms with E-state index >= 15 is 0 Å². The zero-order chi connectivity index (χ0) is 10.7. The van der Waals surface area contributed by atoms with Gasteiger partial charge in [-0.05, 0) is 18.4 Å². The fourth-order valence-electron chi connectivity index (χ4n) is 1.19. The topological polar surface area (TPSA) is 70.4 Å².